The summed E-state index contributed by atoms with van der Waals surface area (Å²) >= 11 is 11.8. The summed E-state index contributed by atoms with van der Waals surface area (Å²) < 4.78 is 0. The van der Waals surface area contributed by atoms with Gasteiger partial charge in [-0.2, -0.15) is 0 Å². The summed E-state index contributed by atoms with van der Waals surface area (Å²) in [4.78, 5) is 4.17. The molecular weight excluding hydrogens is 279 g/mol. The summed E-state index contributed by atoms with van der Waals surface area (Å²) in [7, 11) is 0. The Balaban J connectivity index is 2.15. The first-order valence-corrected chi connectivity index (χ1v) is 6.43. The van der Waals surface area contributed by atoms with Gasteiger partial charge in [-0.3, -0.25) is 0 Å². The molecule has 0 fully saturated rings. The summed E-state index contributed by atoms with van der Waals surface area (Å²) in [6.07, 6.45) is 3.54. The highest BCUT2D eigenvalue weighted by Crippen LogP contribution is 2.22. The van der Waals surface area contributed by atoms with Gasteiger partial charge in [-0.05, 0) is 29.8 Å². The molecule has 0 aromatic heterocycles. The van der Waals surface area contributed by atoms with Crippen molar-refractivity contribution in [1.82, 2.24) is 0 Å². The molecule has 2 N–H and O–H groups in total. The van der Waals surface area contributed by atoms with Gasteiger partial charge in [0.25, 0.3) is 0 Å². The third kappa shape index (κ3) is 3.85. The Bertz CT molecular complexity index is 619. The fourth-order valence-electron chi connectivity index (χ4n) is 1.50. The van der Waals surface area contributed by atoms with E-state index in [1.54, 1.807) is 24.4 Å². The fourth-order valence-corrected chi connectivity index (χ4v) is 1.80. The van der Waals surface area contributed by atoms with Gasteiger partial charge in [0.05, 0.1) is 10.0 Å². The molecule has 96 valence electrons. The number of rotatable bonds is 3. The summed E-state index contributed by atoms with van der Waals surface area (Å²) in [5.74, 6) is 0.394. The topological polar surface area (TPSA) is 38.4 Å². The lowest BCUT2D eigenvalue weighted by Gasteiger charge is -2.01. The van der Waals surface area contributed by atoms with E-state index in [1.807, 2.05) is 36.4 Å². The molecule has 0 aliphatic rings. The summed E-state index contributed by atoms with van der Waals surface area (Å²) in [5.41, 5.74) is 7.68. The number of nitrogens with two attached hydrogens (primary N) is 1. The van der Waals surface area contributed by atoms with E-state index in [2.05, 4.69) is 4.99 Å². The first-order valence-electron chi connectivity index (χ1n) is 5.67. The van der Waals surface area contributed by atoms with Crippen molar-refractivity contribution in [3.8, 4) is 0 Å². The van der Waals surface area contributed by atoms with Crippen LogP contribution in [0.25, 0.3) is 6.08 Å². The van der Waals surface area contributed by atoms with Crippen molar-refractivity contribution < 1.29 is 0 Å². The summed E-state index contributed by atoms with van der Waals surface area (Å²) in [6, 6.07) is 15.0. The van der Waals surface area contributed by atoms with E-state index in [0.717, 1.165) is 11.1 Å². The van der Waals surface area contributed by atoms with Crippen LogP contribution in [0.15, 0.2) is 59.7 Å². The largest absolute Gasteiger partial charge is 0.383 e. The highest BCUT2D eigenvalue weighted by Gasteiger charge is 2.01. The molecular formula is C15H12Cl2N2. The Labute approximate surface area is 122 Å². The number of nitrogens with zero attached hydrogens (tertiary/aromatic N) is 1. The second kappa shape index (κ2) is 6.41. The molecule has 0 amide bonds. The monoisotopic (exact) mass is 290 g/mol. The van der Waals surface area contributed by atoms with Crippen LogP contribution in [0.1, 0.15) is 11.1 Å². The van der Waals surface area contributed by atoms with E-state index in [1.165, 1.54) is 0 Å². The molecule has 2 rings (SSSR count). The van der Waals surface area contributed by atoms with Gasteiger partial charge in [-0.15, -0.1) is 0 Å². The first kappa shape index (κ1) is 13.7. The van der Waals surface area contributed by atoms with Crippen LogP contribution in [0, 0.1) is 0 Å². The van der Waals surface area contributed by atoms with Gasteiger partial charge < -0.3 is 5.73 Å². The van der Waals surface area contributed by atoms with Crippen LogP contribution in [0.5, 0.6) is 0 Å². The molecule has 4 heteroatoms. The molecule has 0 heterocycles. The van der Waals surface area contributed by atoms with E-state index >= 15 is 0 Å². The average Bonchev–Trinajstić information content (AvgIpc) is 2.43. The zero-order chi connectivity index (χ0) is 13.7. The van der Waals surface area contributed by atoms with Crippen LogP contribution < -0.4 is 5.73 Å². The summed E-state index contributed by atoms with van der Waals surface area (Å²) in [6.45, 7) is 0. The Kier molecular flexibility index (Phi) is 4.61. The highest BCUT2D eigenvalue weighted by molar-refractivity contribution is 6.42. The van der Waals surface area contributed by atoms with Crippen molar-refractivity contribution in [2.45, 2.75) is 0 Å². The van der Waals surface area contributed by atoms with Crippen molar-refractivity contribution in [2.75, 3.05) is 0 Å². The van der Waals surface area contributed by atoms with Crippen molar-refractivity contribution in [1.29, 1.82) is 0 Å². The fraction of sp³-hybridized carbons (Fsp3) is 0. The van der Waals surface area contributed by atoms with Crippen molar-refractivity contribution >= 4 is 35.1 Å². The Morgan fingerprint density at radius 1 is 1.00 bits per heavy atom. The molecule has 0 saturated heterocycles. The normalized spacial score (nSPS) is 12.0. The second-order valence-electron chi connectivity index (χ2n) is 3.87. The predicted molar refractivity (Wildman–Crippen MR) is 82.7 cm³/mol. The minimum atomic E-state index is 0.394. The molecule has 0 aliphatic heterocycles. The van der Waals surface area contributed by atoms with E-state index in [-0.39, 0.29) is 0 Å². The maximum atomic E-state index is 5.93. The minimum absolute atomic E-state index is 0.394. The Hall–Kier alpha value is -1.77. The van der Waals surface area contributed by atoms with Crippen LogP contribution in [-0.4, -0.2) is 5.84 Å². The van der Waals surface area contributed by atoms with Crippen molar-refractivity contribution in [2.24, 2.45) is 10.7 Å². The third-order valence-corrected chi connectivity index (χ3v) is 3.23. The lowest BCUT2D eigenvalue weighted by Crippen LogP contribution is -2.12. The molecule has 0 spiro atoms. The van der Waals surface area contributed by atoms with Crippen LogP contribution >= 0.6 is 23.2 Å². The van der Waals surface area contributed by atoms with Gasteiger partial charge in [0.2, 0.25) is 0 Å². The van der Waals surface area contributed by atoms with Crippen LogP contribution in [0.3, 0.4) is 0 Å². The van der Waals surface area contributed by atoms with Gasteiger partial charge in [-0.1, -0.05) is 53.5 Å². The smallest absolute Gasteiger partial charge is 0.130 e. The first-order chi connectivity index (χ1) is 9.16. The molecule has 0 bridgehead atoms. The number of hydrogen-bond donors (Lipinski definition) is 1. The van der Waals surface area contributed by atoms with Gasteiger partial charge in [0.1, 0.15) is 5.84 Å². The minimum Gasteiger partial charge on any atom is -0.383 e. The van der Waals surface area contributed by atoms with Crippen LogP contribution in [0.2, 0.25) is 10.0 Å². The maximum absolute atomic E-state index is 5.93. The SMILES string of the molecule is NC(=NC=Cc1ccccc1)c1ccc(Cl)c(Cl)c1. The number of benzene rings is 2. The highest BCUT2D eigenvalue weighted by atomic mass is 35.5. The van der Waals surface area contributed by atoms with E-state index in [4.69, 9.17) is 28.9 Å². The number of amidine groups is 1. The molecule has 0 unspecified atom stereocenters. The van der Waals surface area contributed by atoms with Crippen molar-refractivity contribution in [3.05, 3.63) is 75.9 Å². The lowest BCUT2D eigenvalue weighted by atomic mass is 10.2. The molecule has 0 radical (unpaired) electrons. The standard InChI is InChI=1S/C15H12Cl2N2/c16-13-7-6-12(10-14(13)17)15(18)19-9-8-11-4-2-1-3-5-11/h1-10H,(H2,18,19). The van der Waals surface area contributed by atoms with Gasteiger partial charge >= 0.3 is 0 Å². The van der Waals surface area contributed by atoms with E-state index in [9.17, 15) is 0 Å². The Morgan fingerprint density at radius 3 is 2.42 bits per heavy atom. The van der Waals surface area contributed by atoms with E-state index in [0.29, 0.717) is 15.9 Å². The molecule has 2 aromatic rings. The average molecular weight is 291 g/mol. The zero-order valence-corrected chi connectivity index (χ0v) is 11.6. The number of halogens is 2. The van der Waals surface area contributed by atoms with Crippen molar-refractivity contribution in [3.63, 3.8) is 0 Å². The predicted octanol–water partition coefficient (Wildman–Crippen LogP) is 4.37. The molecule has 0 aliphatic carbocycles. The molecule has 2 aromatic carbocycles. The molecule has 0 atom stereocenters. The number of aliphatic imine (C=N–C) groups is 1. The van der Waals surface area contributed by atoms with Crippen LogP contribution in [-0.2, 0) is 0 Å². The Morgan fingerprint density at radius 2 is 1.74 bits per heavy atom. The molecule has 19 heavy (non-hydrogen) atoms. The third-order valence-electron chi connectivity index (χ3n) is 2.50. The molecule has 0 saturated carbocycles. The van der Waals surface area contributed by atoms with Gasteiger partial charge in [0, 0.05) is 11.8 Å². The zero-order valence-electron chi connectivity index (χ0n) is 10.1. The lowest BCUT2D eigenvalue weighted by molar-refractivity contribution is 1.47. The van der Waals surface area contributed by atoms with Gasteiger partial charge in [-0.25, -0.2) is 4.99 Å². The maximum Gasteiger partial charge on any atom is 0.130 e. The number of hydrogen-bond acceptors (Lipinski definition) is 1. The summed E-state index contributed by atoms with van der Waals surface area (Å²) in [5, 5.41) is 0.961. The van der Waals surface area contributed by atoms with E-state index < -0.39 is 0 Å². The van der Waals surface area contributed by atoms with Gasteiger partial charge in [0.15, 0.2) is 0 Å². The second-order valence-corrected chi connectivity index (χ2v) is 4.68. The molecule has 2 nitrogen and oxygen atoms in total. The van der Waals surface area contributed by atoms with Crippen LogP contribution in [0.4, 0.5) is 0 Å². The quantitative estimate of drug-likeness (QED) is 0.662.